The molecule has 29 heavy (non-hydrogen) atoms. The van der Waals surface area contributed by atoms with Crippen LogP contribution in [0.5, 0.6) is 11.5 Å². The number of nitrogens with zero attached hydrogens (tertiary/aromatic N) is 2. The lowest BCUT2D eigenvalue weighted by atomic mass is 10.1. The predicted molar refractivity (Wildman–Crippen MR) is 109 cm³/mol. The second kappa shape index (κ2) is 8.69. The van der Waals surface area contributed by atoms with Gasteiger partial charge in [-0.3, -0.25) is 9.59 Å². The van der Waals surface area contributed by atoms with Gasteiger partial charge in [-0.05, 0) is 37.3 Å². The van der Waals surface area contributed by atoms with E-state index < -0.39 is 5.92 Å². The second-order valence-electron chi connectivity index (χ2n) is 6.62. The van der Waals surface area contributed by atoms with Crippen molar-refractivity contribution in [1.29, 1.82) is 0 Å². The molecule has 0 spiro atoms. The fourth-order valence-electron chi connectivity index (χ4n) is 3.47. The number of carbonyl (C=O) groups is 2. The van der Waals surface area contributed by atoms with Gasteiger partial charge < -0.3 is 19.3 Å². The van der Waals surface area contributed by atoms with Crippen LogP contribution in [0.25, 0.3) is 0 Å². The Bertz CT molecular complexity index is 920. The first-order chi connectivity index (χ1) is 13.9. The molecule has 0 N–H and O–H groups in total. The average molecular weight is 421 g/mol. The van der Waals surface area contributed by atoms with Crippen molar-refractivity contribution < 1.29 is 23.5 Å². The monoisotopic (exact) mass is 420 g/mol. The SMILES string of the molecule is CCN(C(=O)C1CC(=O)N(c2cc(Cl)c(OC)cc2OC)C1)c1ccc(F)cc1. The molecule has 2 aromatic rings. The molecule has 6 nitrogen and oxygen atoms in total. The maximum absolute atomic E-state index is 13.2. The zero-order valence-corrected chi connectivity index (χ0v) is 17.2. The molecule has 1 unspecified atom stereocenters. The third-order valence-corrected chi connectivity index (χ3v) is 5.23. The van der Waals surface area contributed by atoms with Crippen molar-refractivity contribution in [1.82, 2.24) is 0 Å². The van der Waals surface area contributed by atoms with E-state index in [1.807, 2.05) is 6.92 Å². The van der Waals surface area contributed by atoms with Gasteiger partial charge in [0.25, 0.3) is 0 Å². The Balaban J connectivity index is 1.85. The maximum Gasteiger partial charge on any atom is 0.232 e. The van der Waals surface area contributed by atoms with Gasteiger partial charge in [-0.1, -0.05) is 11.6 Å². The molecular formula is C21H22ClFN2O4. The quantitative estimate of drug-likeness (QED) is 0.711. The Labute approximate surface area is 173 Å². The van der Waals surface area contributed by atoms with E-state index in [2.05, 4.69) is 0 Å². The van der Waals surface area contributed by atoms with Gasteiger partial charge in [-0.2, -0.15) is 0 Å². The van der Waals surface area contributed by atoms with Crippen molar-refractivity contribution in [3.05, 3.63) is 47.2 Å². The average Bonchev–Trinajstić information content (AvgIpc) is 3.11. The maximum atomic E-state index is 13.2. The van der Waals surface area contributed by atoms with Gasteiger partial charge in [-0.25, -0.2) is 4.39 Å². The highest BCUT2D eigenvalue weighted by Crippen LogP contribution is 2.40. The summed E-state index contributed by atoms with van der Waals surface area (Å²) in [4.78, 5) is 28.8. The molecule has 1 fully saturated rings. The minimum atomic E-state index is -0.530. The van der Waals surface area contributed by atoms with Crippen LogP contribution in [0.2, 0.25) is 5.02 Å². The van der Waals surface area contributed by atoms with Gasteiger partial charge in [0, 0.05) is 31.3 Å². The summed E-state index contributed by atoms with van der Waals surface area (Å²) in [6.45, 7) is 2.45. The third kappa shape index (κ3) is 4.15. The van der Waals surface area contributed by atoms with Crippen LogP contribution >= 0.6 is 11.6 Å². The third-order valence-electron chi connectivity index (χ3n) is 4.94. The van der Waals surface area contributed by atoms with E-state index >= 15 is 0 Å². The van der Waals surface area contributed by atoms with Crippen LogP contribution < -0.4 is 19.3 Å². The van der Waals surface area contributed by atoms with Gasteiger partial charge in [0.15, 0.2) is 0 Å². The van der Waals surface area contributed by atoms with Gasteiger partial charge in [-0.15, -0.1) is 0 Å². The van der Waals surface area contributed by atoms with Gasteiger partial charge in [0.1, 0.15) is 17.3 Å². The molecule has 8 heteroatoms. The molecular weight excluding hydrogens is 399 g/mol. The summed E-state index contributed by atoms with van der Waals surface area (Å²) >= 11 is 6.22. The molecule has 0 aromatic heterocycles. The molecule has 2 aromatic carbocycles. The lowest BCUT2D eigenvalue weighted by Gasteiger charge is -2.25. The number of amides is 2. The van der Waals surface area contributed by atoms with Crippen LogP contribution in [-0.4, -0.2) is 39.1 Å². The highest BCUT2D eigenvalue weighted by atomic mass is 35.5. The second-order valence-corrected chi connectivity index (χ2v) is 7.03. The zero-order valence-electron chi connectivity index (χ0n) is 16.4. The minimum absolute atomic E-state index is 0.0727. The largest absolute Gasteiger partial charge is 0.495 e. The molecule has 2 amide bonds. The number of ether oxygens (including phenoxy) is 2. The number of benzene rings is 2. The predicted octanol–water partition coefficient (Wildman–Crippen LogP) is 3.90. The van der Waals surface area contributed by atoms with E-state index in [-0.39, 0.29) is 30.6 Å². The molecule has 0 bridgehead atoms. The van der Waals surface area contributed by atoms with Crippen molar-refractivity contribution in [3.8, 4) is 11.5 Å². The molecule has 0 radical (unpaired) electrons. The molecule has 1 heterocycles. The first kappa shape index (κ1) is 20.9. The van der Waals surface area contributed by atoms with E-state index in [1.165, 1.54) is 31.3 Å². The van der Waals surface area contributed by atoms with Crippen molar-refractivity contribution in [2.24, 2.45) is 5.92 Å². The Kier molecular flexibility index (Phi) is 6.27. The minimum Gasteiger partial charge on any atom is -0.495 e. The van der Waals surface area contributed by atoms with E-state index in [0.29, 0.717) is 34.4 Å². The lowest BCUT2D eigenvalue weighted by molar-refractivity contribution is -0.124. The van der Waals surface area contributed by atoms with Crippen LogP contribution in [0.4, 0.5) is 15.8 Å². The molecule has 1 atom stereocenters. The van der Waals surface area contributed by atoms with Crippen LogP contribution in [0.1, 0.15) is 13.3 Å². The van der Waals surface area contributed by atoms with Crippen LogP contribution in [0, 0.1) is 11.7 Å². The van der Waals surface area contributed by atoms with Gasteiger partial charge in [0.2, 0.25) is 11.8 Å². The molecule has 154 valence electrons. The highest BCUT2D eigenvalue weighted by Gasteiger charge is 2.38. The summed E-state index contributed by atoms with van der Waals surface area (Å²) in [7, 11) is 2.98. The van der Waals surface area contributed by atoms with E-state index in [4.69, 9.17) is 21.1 Å². The Hall–Kier alpha value is -2.80. The molecule has 3 rings (SSSR count). The lowest BCUT2D eigenvalue weighted by Crippen LogP contribution is -2.37. The number of hydrogen-bond donors (Lipinski definition) is 0. The molecule has 1 aliphatic heterocycles. The molecule has 1 aliphatic rings. The first-order valence-corrected chi connectivity index (χ1v) is 9.56. The summed E-state index contributed by atoms with van der Waals surface area (Å²) in [5, 5.41) is 0.340. The number of rotatable bonds is 6. The molecule has 0 aliphatic carbocycles. The van der Waals surface area contributed by atoms with Crippen molar-refractivity contribution in [3.63, 3.8) is 0 Å². The first-order valence-electron chi connectivity index (χ1n) is 9.18. The number of halogens is 2. The van der Waals surface area contributed by atoms with E-state index in [9.17, 15) is 14.0 Å². The number of anilines is 2. The van der Waals surface area contributed by atoms with Crippen molar-refractivity contribution in [2.75, 3.05) is 37.1 Å². The fraction of sp³-hybridized carbons (Fsp3) is 0.333. The Morgan fingerprint density at radius 3 is 2.45 bits per heavy atom. The summed E-state index contributed by atoms with van der Waals surface area (Å²) in [6, 6.07) is 8.93. The normalized spacial score (nSPS) is 16.1. The van der Waals surface area contributed by atoms with Gasteiger partial charge in [0.05, 0.1) is 30.8 Å². The van der Waals surface area contributed by atoms with E-state index in [0.717, 1.165) is 0 Å². The number of carbonyl (C=O) groups excluding carboxylic acids is 2. The topological polar surface area (TPSA) is 59.1 Å². The molecule has 1 saturated heterocycles. The number of hydrogen-bond acceptors (Lipinski definition) is 4. The zero-order chi connectivity index (χ0) is 21.1. The smallest absolute Gasteiger partial charge is 0.232 e. The summed E-state index contributed by atoms with van der Waals surface area (Å²) in [5.41, 5.74) is 1.08. The standard InChI is InChI=1S/C21H22ClFN2O4/c1-4-24(15-7-5-14(23)6-8-15)21(27)13-9-20(26)25(12-13)17-10-16(22)18(28-2)11-19(17)29-3/h5-8,10-11,13H,4,9,12H2,1-3H3. The van der Waals surface area contributed by atoms with Crippen LogP contribution in [0.3, 0.4) is 0 Å². The van der Waals surface area contributed by atoms with Gasteiger partial charge >= 0.3 is 0 Å². The summed E-state index contributed by atoms with van der Waals surface area (Å²) in [5.74, 6) is -0.425. The molecule has 0 saturated carbocycles. The Morgan fingerprint density at radius 2 is 1.86 bits per heavy atom. The summed E-state index contributed by atoms with van der Waals surface area (Å²) in [6.07, 6.45) is 0.0727. The van der Waals surface area contributed by atoms with Crippen molar-refractivity contribution in [2.45, 2.75) is 13.3 Å². The van der Waals surface area contributed by atoms with Crippen LogP contribution in [0.15, 0.2) is 36.4 Å². The van der Waals surface area contributed by atoms with Crippen LogP contribution in [-0.2, 0) is 9.59 Å². The van der Waals surface area contributed by atoms with Crippen molar-refractivity contribution >= 4 is 34.8 Å². The summed E-state index contributed by atoms with van der Waals surface area (Å²) < 4.78 is 23.8. The fourth-order valence-corrected chi connectivity index (χ4v) is 3.70. The Morgan fingerprint density at radius 1 is 1.21 bits per heavy atom. The highest BCUT2D eigenvalue weighted by molar-refractivity contribution is 6.32. The number of methoxy groups -OCH3 is 2. The van der Waals surface area contributed by atoms with E-state index in [1.54, 1.807) is 29.2 Å².